The van der Waals surface area contributed by atoms with Crippen molar-refractivity contribution in [3.8, 4) is 0 Å². The van der Waals surface area contributed by atoms with E-state index < -0.39 is 0 Å². The molecule has 4 rings (SSSR count). The van der Waals surface area contributed by atoms with E-state index in [-0.39, 0.29) is 0 Å². The topological polar surface area (TPSA) is 0 Å². The lowest BCUT2D eigenvalue weighted by molar-refractivity contribution is 0.539. The summed E-state index contributed by atoms with van der Waals surface area (Å²) >= 11 is 2.18. The molecule has 9 heavy (non-hydrogen) atoms. The van der Waals surface area contributed by atoms with Crippen LogP contribution < -0.4 is 0 Å². The van der Waals surface area contributed by atoms with Gasteiger partial charge in [0.05, 0.1) is 0 Å². The molecule has 0 aromatic rings. The molecule has 1 saturated heterocycles. The van der Waals surface area contributed by atoms with E-state index in [2.05, 4.69) is 23.9 Å². The van der Waals surface area contributed by atoms with Gasteiger partial charge in [0, 0.05) is 11.0 Å². The molecular weight excluding hydrogens is 128 g/mol. The molecule has 2 heterocycles. The van der Waals surface area contributed by atoms with Crippen LogP contribution in [0.4, 0.5) is 0 Å². The number of thioether (sulfide) groups is 1. The van der Waals surface area contributed by atoms with Crippen LogP contribution in [-0.2, 0) is 0 Å². The molecule has 2 aliphatic heterocycles. The van der Waals surface area contributed by atoms with Crippen LogP contribution in [0.1, 0.15) is 6.42 Å². The van der Waals surface area contributed by atoms with E-state index >= 15 is 0 Å². The Morgan fingerprint density at radius 3 is 2.67 bits per heavy atom. The fraction of sp³-hybridized carbons (Fsp3) is 0.750. The van der Waals surface area contributed by atoms with Gasteiger partial charge in [0.2, 0.25) is 0 Å². The predicted octanol–water partition coefficient (Wildman–Crippen LogP) is 1.92. The Morgan fingerprint density at radius 1 is 1.22 bits per heavy atom. The molecule has 2 fully saturated rings. The third kappa shape index (κ3) is 0.517. The van der Waals surface area contributed by atoms with E-state index in [9.17, 15) is 0 Å². The summed E-state index contributed by atoms with van der Waals surface area (Å²) < 4.78 is 0. The molecule has 0 N–H and O–H groups in total. The van der Waals surface area contributed by atoms with Crippen molar-refractivity contribution < 1.29 is 0 Å². The first-order valence-corrected chi connectivity index (χ1v) is 4.80. The molecule has 2 aliphatic carbocycles. The van der Waals surface area contributed by atoms with Crippen molar-refractivity contribution in [3.05, 3.63) is 12.2 Å². The normalized spacial score (nSPS) is 59.6. The van der Waals surface area contributed by atoms with Gasteiger partial charge < -0.3 is 0 Å². The van der Waals surface area contributed by atoms with E-state index in [1.54, 1.807) is 0 Å². The van der Waals surface area contributed by atoms with Crippen molar-refractivity contribution in [3.63, 3.8) is 0 Å². The van der Waals surface area contributed by atoms with Gasteiger partial charge in [0.15, 0.2) is 0 Å². The molecule has 1 saturated carbocycles. The largest absolute Gasteiger partial charge is 0.153 e. The number of hydrogen-bond donors (Lipinski definition) is 0. The van der Waals surface area contributed by atoms with Crippen molar-refractivity contribution in [2.75, 3.05) is 5.75 Å². The lowest BCUT2D eigenvalue weighted by atomic mass is 9.96. The second kappa shape index (κ2) is 1.39. The SMILES string of the molecule is C1=CC2SCC1C1CC21. The Balaban J connectivity index is 2.05. The summed E-state index contributed by atoms with van der Waals surface area (Å²) in [6, 6.07) is 0. The van der Waals surface area contributed by atoms with Crippen LogP contribution >= 0.6 is 11.8 Å². The Morgan fingerprint density at radius 2 is 2.22 bits per heavy atom. The van der Waals surface area contributed by atoms with Crippen molar-refractivity contribution in [2.24, 2.45) is 17.8 Å². The molecule has 2 bridgehead atoms. The first kappa shape index (κ1) is 4.84. The lowest BCUT2D eigenvalue weighted by Gasteiger charge is -2.28. The predicted molar refractivity (Wildman–Crippen MR) is 40.5 cm³/mol. The Labute approximate surface area is 59.7 Å². The van der Waals surface area contributed by atoms with E-state index in [1.165, 1.54) is 12.2 Å². The van der Waals surface area contributed by atoms with E-state index in [0.717, 1.165) is 23.0 Å². The molecule has 4 atom stereocenters. The number of rotatable bonds is 0. The molecule has 0 radical (unpaired) electrons. The second-order valence-electron chi connectivity index (χ2n) is 3.41. The average Bonchev–Trinajstić information content (AvgIpc) is 2.68. The Hall–Kier alpha value is 0.0900. The van der Waals surface area contributed by atoms with E-state index in [4.69, 9.17) is 0 Å². The van der Waals surface area contributed by atoms with Crippen LogP contribution in [-0.4, -0.2) is 11.0 Å². The van der Waals surface area contributed by atoms with Gasteiger partial charge in [-0.05, 0) is 24.2 Å². The first-order valence-electron chi connectivity index (χ1n) is 3.75. The molecule has 0 amide bonds. The zero-order valence-electron chi connectivity index (χ0n) is 5.29. The Kier molecular flexibility index (Phi) is 0.748. The zero-order chi connectivity index (χ0) is 5.84. The van der Waals surface area contributed by atoms with Crippen LogP contribution in [0.2, 0.25) is 0 Å². The van der Waals surface area contributed by atoms with Crippen LogP contribution in [0.3, 0.4) is 0 Å². The fourth-order valence-corrected chi connectivity index (χ4v) is 3.79. The summed E-state index contributed by atoms with van der Waals surface area (Å²) in [6.45, 7) is 0. The van der Waals surface area contributed by atoms with Gasteiger partial charge in [-0.15, -0.1) is 0 Å². The molecule has 4 aliphatic rings. The maximum Gasteiger partial charge on any atom is 0.0258 e. The van der Waals surface area contributed by atoms with Crippen molar-refractivity contribution in [1.82, 2.24) is 0 Å². The molecular formula is C8H10S. The van der Waals surface area contributed by atoms with Crippen molar-refractivity contribution in [2.45, 2.75) is 11.7 Å². The summed E-state index contributed by atoms with van der Waals surface area (Å²) in [7, 11) is 0. The lowest BCUT2D eigenvalue weighted by Crippen LogP contribution is -2.23. The highest BCUT2D eigenvalue weighted by atomic mass is 32.2. The monoisotopic (exact) mass is 138 g/mol. The Bertz CT molecular complexity index is 155. The minimum Gasteiger partial charge on any atom is -0.153 e. The quantitative estimate of drug-likeness (QED) is 0.461. The molecule has 0 aromatic heterocycles. The smallest absolute Gasteiger partial charge is 0.0258 e. The van der Waals surface area contributed by atoms with Gasteiger partial charge >= 0.3 is 0 Å². The standard InChI is InChI=1S/C8H10S/c1-2-8-7-3-6(7)5(1)4-9-8/h1-2,5-8H,3-4H2. The average molecular weight is 138 g/mol. The summed E-state index contributed by atoms with van der Waals surface area (Å²) in [5.41, 5.74) is 0. The molecule has 1 heteroatoms. The minimum absolute atomic E-state index is 0.931. The van der Waals surface area contributed by atoms with Gasteiger partial charge in [0.1, 0.15) is 0 Å². The zero-order valence-corrected chi connectivity index (χ0v) is 6.10. The molecule has 0 nitrogen and oxygen atoms in total. The maximum absolute atomic E-state index is 2.45. The third-order valence-corrected chi connectivity index (χ3v) is 4.36. The summed E-state index contributed by atoms with van der Waals surface area (Å²) in [4.78, 5) is 0. The molecule has 0 spiro atoms. The van der Waals surface area contributed by atoms with Gasteiger partial charge in [-0.25, -0.2) is 0 Å². The van der Waals surface area contributed by atoms with E-state index in [1.807, 2.05) is 0 Å². The molecule has 4 unspecified atom stereocenters. The molecule has 48 valence electrons. The van der Waals surface area contributed by atoms with Gasteiger partial charge in [-0.1, -0.05) is 12.2 Å². The summed E-state index contributed by atoms with van der Waals surface area (Å²) in [5, 5.41) is 0.931. The first-order chi connectivity index (χ1) is 4.45. The maximum atomic E-state index is 2.45. The van der Waals surface area contributed by atoms with Gasteiger partial charge in [-0.2, -0.15) is 11.8 Å². The van der Waals surface area contributed by atoms with Gasteiger partial charge in [0.25, 0.3) is 0 Å². The van der Waals surface area contributed by atoms with Crippen molar-refractivity contribution >= 4 is 11.8 Å². The van der Waals surface area contributed by atoms with Crippen LogP contribution in [0.5, 0.6) is 0 Å². The highest BCUT2D eigenvalue weighted by Crippen LogP contribution is 2.58. The third-order valence-electron chi connectivity index (χ3n) is 2.89. The van der Waals surface area contributed by atoms with Gasteiger partial charge in [-0.3, -0.25) is 0 Å². The van der Waals surface area contributed by atoms with Crippen LogP contribution in [0.25, 0.3) is 0 Å². The van der Waals surface area contributed by atoms with Crippen molar-refractivity contribution in [1.29, 1.82) is 0 Å². The summed E-state index contributed by atoms with van der Waals surface area (Å²) in [5.74, 6) is 4.63. The van der Waals surface area contributed by atoms with Crippen LogP contribution in [0.15, 0.2) is 12.2 Å². The highest BCUT2D eigenvalue weighted by molar-refractivity contribution is 8.00. The number of fused-ring (bicyclic) bond motifs is 1. The van der Waals surface area contributed by atoms with E-state index in [0.29, 0.717) is 0 Å². The number of hydrogen-bond acceptors (Lipinski definition) is 1. The van der Waals surface area contributed by atoms with Crippen LogP contribution in [0, 0.1) is 17.8 Å². The second-order valence-corrected chi connectivity index (χ2v) is 4.62. The number of allylic oxidation sites excluding steroid dienone is 1. The highest BCUT2D eigenvalue weighted by Gasteiger charge is 2.51. The molecule has 0 aromatic carbocycles. The fourth-order valence-electron chi connectivity index (χ4n) is 2.22. The summed E-state index contributed by atoms with van der Waals surface area (Å²) in [6.07, 6.45) is 6.43. The minimum atomic E-state index is 0.931.